The highest BCUT2D eigenvalue weighted by Gasteiger charge is 2.30. The fourth-order valence-electron chi connectivity index (χ4n) is 2.57. The Bertz CT molecular complexity index is 578. The van der Waals surface area contributed by atoms with Crippen LogP contribution < -0.4 is 5.32 Å². The zero-order valence-electron chi connectivity index (χ0n) is 11.3. The van der Waals surface area contributed by atoms with Crippen molar-refractivity contribution >= 4 is 17.3 Å². The Labute approximate surface area is 119 Å². The molecule has 114 valence electrons. The topological polar surface area (TPSA) is 102 Å². The fraction of sp³-hybridized carbons (Fsp3) is 0.462. The maximum absolute atomic E-state index is 13.6. The summed E-state index contributed by atoms with van der Waals surface area (Å²) in [6.45, 7) is 0. The van der Waals surface area contributed by atoms with E-state index in [-0.39, 0.29) is 17.8 Å². The molecule has 0 amide bonds. The first-order valence-corrected chi connectivity index (χ1v) is 6.44. The molecular weight excluding hydrogens is 283 g/mol. The molecule has 1 aliphatic carbocycles. The van der Waals surface area contributed by atoms with Gasteiger partial charge >= 0.3 is 5.97 Å². The Hall–Kier alpha value is -2.22. The molecule has 8 heteroatoms. The molecule has 1 fully saturated rings. The van der Waals surface area contributed by atoms with Gasteiger partial charge in [0.25, 0.3) is 5.69 Å². The number of nitro benzene ring substituents is 1. The van der Waals surface area contributed by atoms with Crippen molar-refractivity contribution in [3.05, 3.63) is 33.6 Å². The number of benzene rings is 1. The molecule has 1 aliphatic rings. The summed E-state index contributed by atoms with van der Waals surface area (Å²) in [7, 11) is 1.55. The van der Waals surface area contributed by atoms with Crippen molar-refractivity contribution < 1.29 is 24.0 Å². The summed E-state index contributed by atoms with van der Waals surface area (Å²) in [6, 6.07) is 1.42. The van der Waals surface area contributed by atoms with Crippen LogP contribution in [0.1, 0.15) is 29.6 Å². The molecule has 2 rings (SSSR count). The van der Waals surface area contributed by atoms with Gasteiger partial charge < -0.3 is 15.2 Å². The Morgan fingerprint density at radius 2 is 2.24 bits per heavy atom. The van der Waals surface area contributed by atoms with Crippen molar-refractivity contribution in [1.29, 1.82) is 0 Å². The van der Waals surface area contributed by atoms with E-state index in [1.165, 1.54) is 0 Å². The number of hydrogen-bond acceptors (Lipinski definition) is 5. The molecule has 0 bridgehead atoms. The number of nitro groups is 1. The molecule has 0 heterocycles. The van der Waals surface area contributed by atoms with Crippen LogP contribution >= 0.6 is 0 Å². The smallest absolute Gasteiger partial charge is 0.338 e. The number of hydrogen-bond donors (Lipinski definition) is 2. The zero-order valence-corrected chi connectivity index (χ0v) is 11.3. The minimum Gasteiger partial charge on any atom is -0.478 e. The maximum atomic E-state index is 13.6. The molecule has 1 aromatic rings. The number of carbonyl (C=O) groups is 1. The van der Waals surface area contributed by atoms with Gasteiger partial charge in [0.1, 0.15) is 11.5 Å². The summed E-state index contributed by atoms with van der Waals surface area (Å²) < 4.78 is 18.8. The van der Waals surface area contributed by atoms with Gasteiger partial charge in [0.15, 0.2) is 0 Å². The van der Waals surface area contributed by atoms with E-state index < -0.39 is 28.0 Å². The second-order valence-electron chi connectivity index (χ2n) is 4.87. The van der Waals surface area contributed by atoms with Crippen LogP contribution in [0.2, 0.25) is 0 Å². The first-order chi connectivity index (χ1) is 9.93. The Kier molecular flexibility index (Phi) is 4.37. The molecule has 2 unspecified atom stereocenters. The number of carboxylic acids is 1. The highest BCUT2D eigenvalue weighted by atomic mass is 19.1. The maximum Gasteiger partial charge on any atom is 0.338 e. The molecular formula is C13H15FN2O5. The van der Waals surface area contributed by atoms with E-state index in [1.807, 2.05) is 0 Å². The van der Waals surface area contributed by atoms with E-state index in [0.717, 1.165) is 25.3 Å². The summed E-state index contributed by atoms with van der Waals surface area (Å²) in [4.78, 5) is 21.2. The lowest BCUT2D eigenvalue weighted by molar-refractivity contribution is -0.384. The molecule has 0 aliphatic heterocycles. The monoisotopic (exact) mass is 298 g/mol. The van der Waals surface area contributed by atoms with Gasteiger partial charge in [-0.3, -0.25) is 10.1 Å². The Morgan fingerprint density at radius 3 is 2.81 bits per heavy atom. The van der Waals surface area contributed by atoms with Crippen LogP contribution in [0.3, 0.4) is 0 Å². The average Bonchev–Trinajstić information content (AvgIpc) is 2.86. The van der Waals surface area contributed by atoms with Gasteiger partial charge in [-0.15, -0.1) is 0 Å². The molecule has 2 N–H and O–H groups in total. The highest BCUT2D eigenvalue weighted by molar-refractivity contribution is 5.90. The highest BCUT2D eigenvalue weighted by Crippen LogP contribution is 2.32. The fourth-order valence-corrected chi connectivity index (χ4v) is 2.57. The van der Waals surface area contributed by atoms with Gasteiger partial charge in [0.2, 0.25) is 0 Å². The van der Waals surface area contributed by atoms with Crippen molar-refractivity contribution in [2.24, 2.45) is 0 Å². The predicted molar refractivity (Wildman–Crippen MR) is 72.1 cm³/mol. The van der Waals surface area contributed by atoms with E-state index in [9.17, 15) is 19.3 Å². The third kappa shape index (κ3) is 3.10. The Morgan fingerprint density at radius 1 is 1.52 bits per heavy atom. The third-order valence-corrected chi connectivity index (χ3v) is 3.61. The lowest BCUT2D eigenvalue weighted by Gasteiger charge is -2.21. The molecule has 0 saturated heterocycles. The largest absolute Gasteiger partial charge is 0.478 e. The van der Waals surface area contributed by atoms with Crippen molar-refractivity contribution in [3.63, 3.8) is 0 Å². The van der Waals surface area contributed by atoms with Crippen molar-refractivity contribution in [1.82, 2.24) is 0 Å². The van der Waals surface area contributed by atoms with E-state index >= 15 is 0 Å². The number of ether oxygens (including phenoxy) is 1. The first kappa shape index (κ1) is 15.2. The molecule has 1 saturated carbocycles. The van der Waals surface area contributed by atoms with Crippen LogP contribution in [0.15, 0.2) is 12.1 Å². The first-order valence-electron chi connectivity index (χ1n) is 6.44. The van der Waals surface area contributed by atoms with E-state index in [2.05, 4.69) is 5.32 Å². The molecule has 2 atom stereocenters. The van der Waals surface area contributed by atoms with Crippen LogP contribution in [0.4, 0.5) is 15.8 Å². The van der Waals surface area contributed by atoms with Crippen LogP contribution in [-0.2, 0) is 4.74 Å². The predicted octanol–water partition coefficient (Wildman–Crippen LogP) is 2.41. The van der Waals surface area contributed by atoms with E-state index in [1.54, 1.807) is 7.11 Å². The number of methoxy groups -OCH3 is 1. The number of halogens is 1. The molecule has 7 nitrogen and oxygen atoms in total. The summed E-state index contributed by atoms with van der Waals surface area (Å²) in [5.41, 5.74) is -1.10. The van der Waals surface area contributed by atoms with Crippen LogP contribution in [-0.4, -0.2) is 35.3 Å². The standard InChI is InChI=1S/C13H15FN2O5/c1-21-12-4-2-3-9(12)15-10-5-7(13(17)18)8(14)6-11(10)16(19)20/h5-6,9,12,15H,2-4H2,1H3,(H,17,18). The quantitative estimate of drug-likeness (QED) is 0.639. The third-order valence-electron chi connectivity index (χ3n) is 3.61. The van der Waals surface area contributed by atoms with Crippen LogP contribution in [0.5, 0.6) is 0 Å². The molecule has 0 radical (unpaired) electrons. The van der Waals surface area contributed by atoms with Crippen LogP contribution in [0.25, 0.3) is 0 Å². The average molecular weight is 298 g/mol. The molecule has 21 heavy (non-hydrogen) atoms. The van der Waals surface area contributed by atoms with Gasteiger partial charge in [-0.1, -0.05) is 0 Å². The van der Waals surface area contributed by atoms with Crippen molar-refractivity contribution in [3.8, 4) is 0 Å². The summed E-state index contributed by atoms with van der Waals surface area (Å²) >= 11 is 0. The molecule has 0 aromatic heterocycles. The van der Waals surface area contributed by atoms with Crippen molar-refractivity contribution in [2.45, 2.75) is 31.4 Å². The number of nitrogens with zero attached hydrogens (tertiary/aromatic N) is 1. The van der Waals surface area contributed by atoms with Gasteiger partial charge in [0.05, 0.1) is 28.7 Å². The second kappa shape index (κ2) is 6.04. The SMILES string of the molecule is COC1CCCC1Nc1cc(C(=O)O)c(F)cc1[N+](=O)[O-]. The molecule has 1 aromatic carbocycles. The van der Waals surface area contributed by atoms with Crippen LogP contribution in [0, 0.1) is 15.9 Å². The summed E-state index contributed by atoms with van der Waals surface area (Å²) in [6.07, 6.45) is 2.35. The number of carboxylic acid groups (broad SMARTS) is 1. The van der Waals surface area contributed by atoms with Gasteiger partial charge in [-0.05, 0) is 25.3 Å². The summed E-state index contributed by atoms with van der Waals surface area (Å²) in [5, 5.41) is 22.8. The zero-order chi connectivity index (χ0) is 15.6. The number of nitrogens with one attached hydrogen (secondary N) is 1. The van der Waals surface area contributed by atoms with E-state index in [0.29, 0.717) is 6.07 Å². The second-order valence-corrected chi connectivity index (χ2v) is 4.87. The van der Waals surface area contributed by atoms with Gasteiger partial charge in [-0.2, -0.15) is 0 Å². The lowest BCUT2D eigenvalue weighted by Crippen LogP contribution is -2.30. The Balaban J connectivity index is 2.38. The molecule has 0 spiro atoms. The van der Waals surface area contributed by atoms with Gasteiger partial charge in [-0.25, -0.2) is 9.18 Å². The number of rotatable bonds is 5. The lowest BCUT2D eigenvalue weighted by atomic mass is 10.1. The van der Waals surface area contributed by atoms with Crippen molar-refractivity contribution in [2.75, 3.05) is 12.4 Å². The summed E-state index contributed by atoms with van der Waals surface area (Å²) in [5.74, 6) is -2.60. The van der Waals surface area contributed by atoms with E-state index in [4.69, 9.17) is 9.84 Å². The normalized spacial score (nSPS) is 21.2. The van der Waals surface area contributed by atoms with Gasteiger partial charge in [0, 0.05) is 7.11 Å². The number of anilines is 1. The minimum atomic E-state index is -1.47. The minimum absolute atomic E-state index is 0.00671. The number of aromatic carboxylic acids is 1.